The third kappa shape index (κ3) is 3.19. The zero-order chi connectivity index (χ0) is 9.73. The standard InChI is InChI=1S/C9H18F2N2/c1-2-9(3-4-12-6-9)7-13-5-8(10)11/h8,12-13H,2-7H2,1H3. The van der Waals surface area contributed by atoms with Gasteiger partial charge in [-0.3, -0.25) is 0 Å². The lowest BCUT2D eigenvalue weighted by Crippen LogP contribution is -2.37. The Kier molecular flexibility index (Phi) is 4.06. The molecule has 1 fully saturated rings. The third-order valence-corrected chi connectivity index (χ3v) is 2.88. The number of hydrogen-bond acceptors (Lipinski definition) is 2. The van der Waals surface area contributed by atoms with E-state index in [1.54, 1.807) is 0 Å². The van der Waals surface area contributed by atoms with Gasteiger partial charge in [0, 0.05) is 13.1 Å². The molecule has 1 rings (SSSR count). The van der Waals surface area contributed by atoms with Crippen LogP contribution in [-0.4, -0.2) is 32.6 Å². The molecule has 2 N–H and O–H groups in total. The minimum absolute atomic E-state index is 0.179. The lowest BCUT2D eigenvalue weighted by atomic mass is 9.84. The maximum atomic E-state index is 11.9. The molecule has 1 saturated heterocycles. The van der Waals surface area contributed by atoms with Crippen LogP contribution in [0.5, 0.6) is 0 Å². The first-order valence-corrected chi connectivity index (χ1v) is 4.88. The number of hydrogen-bond donors (Lipinski definition) is 2. The van der Waals surface area contributed by atoms with Gasteiger partial charge in [0.15, 0.2) is 0 Å². The van der Waals surface area contributed by atoms with E-state index in [2.05, 4.69) is 17.6 Å². The maximum absolute atomic E-state index is 11.9. The zero-order valence-electron chi connectivity index (χ0n) is 8.08. The molecular weight excluding hydrogens is 174 g/mol. The molecule has 4 heteroatoms. The van der Waals surface area contributed by atoms with Crippen molar-refractivity contribution in [2.75, 3.05) is 26.2 Å². The highest BCUT2D eigenvalue weighted by molar-refractivity contribution is 4.88. The average molecular weight is 192 g/mol. The Morgan fingerprint density at radius 2 is 2.31 bits per heavy atom. The van der Waals surface area contributed by atoms with Crippen molar-refractivity contribution in [3.8, 4) is 0 Å². The van der Waals surface area contributed by atoms with Gasteiger partial charge in [0.1, 0.15) is 0 Å². The molecule has 0 spiro atoms. The summed E-state index contributed by atoms with van der Waals surface area (Å²) >= 11 is 0. The summed E-state index contributed by atoms with van der Waals surface area (Å²) in [4.78, 5) is 0. The topological polar surface area (TPSA) is 24.1 Å². The molecule has 0 aliphatic carbocycles. The second-order valence-electron chi connectivity index (χ2n) is 3.80. The summed E-state index contributed by atoms with van der Waals surface area (Å²) in [6.07, 6.45) is -0.0843. The average Bonchev–Trinajstić information content (AvgIpc) is 2.53. The van der Waals surface area contributed by atoms with Crippen LogP contribution in [0.2, 0.25) is 0 Å². The molecule has 13 heavy (non-hydrogen) atoms. The second kappa shape index (κ2) is 4.86. The molecule has 1 heterocycles. The van der Waals surface area contributed by atoms with E-state index in [4.69, 9.17) is 0 Å². The van der Waals surface area contributed by atoms with Crippen molar-refractivity contribution in [2.45, 2.75) is 26.2 Å². The van der Waals surface area contributed by atoms with E-state index >= 15 is 0 Å². The molecule has 1 aliphatic rings. The highest BCUT2D eigenvalue weighted by Crippen LogP contribution is 2.28. The molecule has 1 atom stereocenters. The molecule has 0 saturated carbocycles. The summed E-state index contributed by atoms with van der Waals surface area (Å²) in [6, 6.07) is 0. The quantitative estimate of drug-likeness (QED) is 0.684. The first-order valence-electron chi connectivity index (χ1n) is 4.88. The lowest BCUT2D eigenvalue weighted by Gasteiger charge is -2.26. The first kappa shape index (κ1) is 10.9. The summed E-state index contributed by atoms with van der Waals surface area (Å²) in [6.45, 7) is 4.63. The van der Waals surface area contributed by atoms with Gasteiger partial charge in [-0.05, 0) is 24.8 Å². The van der Waals surface area contributed by atoms with Gasteiger partial charge in [-0.25, -0.2) is 8.78 Å². The Morgan fingerprint density at radius 1 is 1.54 bits per heavy atom. The fourth-order valence-corrected chi connectivity index (χ4v) is 1.82. The lowest BCUT2D eigenvalue weighted by molar-refractivity contribution is 0.139. The number of rotatable bonds is 5. The largest absolute Gasteiger partial charge is 0.316 e. The molecule has 0 radical (unpaired) electrons. The summed E-state index contributed by atoms with van der Waals surface area (Å²) in [5.74, 6) is 0. The maximum Gasteiger partial charge on any atom is 0.250 e. The van der Waals surface area contributed by atoms with Gasteiger partial charge in [0.2, 0.25) is 0 Å². The molecule has 0 amide bonds. The van der Waals surface area contributed by atoms with Crippen LogP contribution in [-0.2, 0) is 0 Å². The fraction of sp³-hybridized carbons (Fsp3) is 1.00. The van der Waals surface area contributed by atoms with Gasteiger partial charge >= 0.3 is 0 Å². The van der Waals surface area contributed by atoms with Gasteiger partial charge in [0.25, 0.3) is 6.43 Å². The molecule has 78 valence electrons. The second-order valence-corrected chi connectivity index (χ2v) is 3.80. The van der Waals surface area contributed by atoms with Crippen molar-refractivity contribution in [2.24, 2.45) is 5.41 Å². The molecule has 0 aromatic carbocycles. The van der Waals surface area contributed by atoms with E-state index in [0.717, 1.165) is 25.9 Å². The van der Waals surface area contributed by atoms with Gasteiger partial charge in [-0.15, -0.1) is 0 Å². The predicted octanol–water partition coefficient (Wildman–Crippen LogP) is 1.23. The summed E-state index contributed by atoms with van der Waals surface area (Å²) in [5, 5.41) is 6.10. The molecule has 0 aromatic rings. The van der Waals surface area contributed by atoms with E-state index < -0.39 is 6.43 Å². The van der Waals surface area contributed by atoms with Crippen LogP contribution in [0.3, 0.4) is 0 Å². The van der Waals surface area contributed by atoms with Gasteiger partial charge in [-0.1, -0.05) is 6.92 Å². The van der Waals surface area contributed by atoms with Crippen LogP contribution in [0.4, 0.5) is 8.78 Å². The number of alkyl halides is 2. The molecule has 0 bridgehead atoms. The Labute approximate surface area is 78.1 Å². The molecule has 2 nitrogen and oxygen atoms in total. The highest BCUT2D eigenvalue weighted by Gasteiger charge is 2.31. The van der Waals surface area contributed by atoms with Crippen molar-refractivity contribution in [1.82, 2.24) is 10.6 Å². The monoisotopic (exact) mass is 192 g/mol. The summed E-state index contributed by atoms with van der Waals surface area (Å²) in [7, 11) is 0. The van der Waals surface area contributed by atoms with Crippen LogP contribution in [0.25, 0.3) is 0 Å². The Hall–Kier alpha value is -0.220. The van der Waals surface area contributed by atoms with Gasteiger partial charge in [0.05, 0.1) is 6.54 Å². The van der Waals surface area contributed by atoms with Crippen LogP contribution in [0.1, 0.15) is 19.8 Å². The number of nitrogens with one attached hydrogen (secondary N) is 2. The molecular formula is C9H18F2N2. The van der Waals surface area contributed by atoms with Crippen LogP contribution >= 0.6 is 0 Å². The SMILES string of the molecule is CCC1(CNCC(F)F)CCNC1. The minimum Gasteiger partial charge on any atom is -0.316 e. The Bertz CT molecular complexity index is 145. The summed E-state index contributed by atoms with van der Waals surface area (Å²) < 4.78 is 23.7. The van der Waals surface area contributed by atoms with Crippen LogP contribution in [0, 0.1) is 5.41 Å². The van der Waals surface area contributed by atoms with Crippen molar-refractivity contribution in [3.63, 3.8) is 0 Å². The van der Waals surface area contributed by atoms with Crippen molar-refractivity contribution < 1.29 is 8.78 Å². The van der Waals surface area contributed by atoms with E-state index in [1.807, 2.05) is 0 Å². The van der Waals surface area contributed by atoms with Crippen molar-refractivity contribution >= 4 is 0 Å². The smallest absolute Gasteiger partial charge is 0.250 e. The molecule has 1 aliphatic heterocycles. The van der Waals surface area contributed by atoms with E-state index in [0.29, 0.717) is 6.54 Å². The molecule has 1 unspecified atom stereocenters. The Morgan fingerprint density at radius 3 is 2.77 bits per heavy atom. The van der Waals surface area contributed by atoms with Gasteiger partial charge in [-0.2, -0.15) is 0 Å². The minimum atomic E-state index is -2.23. The zero-order valence-corrected chi connectivity index (χ0v) is 8.08. The van der Waals surface area contributed by atoms with Crippen LogP contribution < -0.4 is 10.6 Å². The van der Waals surface area contributed by atoms with Gasteiger partial charge < -0.3 is 10.6 Å². The number of halogens is 2. The predicted molar refractivity (Wildman–Crippen MR) is 49.1 cm³/mol. The van der Waals surface area contributed by atoms with Crippen LogP contribution in [0.15, 0.2) is 0 Å². The normalized spacial score (nSPS) is 28.6. The van der Waals surface area contributed by atoms with Crippen molar-refractivity contribution in [3.05, 3.63) is 0 Å². The fourth-order valence-electron chi connectivity index (χ4n) is 1.82. The highest BCUT2D eigenvalue weighted by atomic mass is 19.3. The molecule has 0 aromatic heterocycles. The Balaban J connectivity index is 2.23. The first-order chi connectivity index (χ1) is 6.18. The van der Waals surface area contributed by atoms with E-state index in [9.17, 15) is 8.78 Å². The van der Waals surface area contributed by atoms with E-state index in [1.165, 1.54) is 0 Å². The van der Waals surface area contributed by atoms with Crippen molar-refractivity contribution in [1.29, 1.82) is 0 Å². The van der Waals surface area contributed by atoms with E-state index in [-0.39, 0.29) is 12.0 Å². The third-order valence-electron chi connectivity index (χ3n) is 2.88. The summed E-state index contributed by atoms with van der Waals surface area (Å²) in [5.41, 5.74) is 0.217.